The van der Waals surface area contributed by atoms with E-state index in [-0.39, 0.29) is 5.91 Å². The molecule has 0 saturated carbocycles. The molecule has 1 N–H and O–H groups in total. The van der Waals surface area contributed by atoms with E-state index in [9.17, 15) is 4.79 Å². The molecule has 6 heteroatoms. The predicted molar refractivity (Wildman–Crippen MR) is 79.6 cm³/mol. The summed E-state index contributed by atoms with van der Waals surface area (Å²) in [6.45, 7) is 2.84. The van der Waals surface area contributed by atoms with Crippen LogP contribution in [0, 0.1) is 5.92 Å². The molecule has 0 aromatic carbocycles. The minimum absolute atomic E-state index is 0.0183. The molecule has 1 amide bonds. The van der Waals surface area contributed by atoms with Crippen LogP contribution in [0.5, 0.6) is 0 Å². The van der Waals surface area contributed by atoms with Gasteiger partial charge in [-0.1, -0.05) is 22.9 Å². The van der Waals surface area contributed by atoms with Gasteiger partial charge in [-0.3, -0.25) is 4.79 Å². The third-order valence-electron chi connectivity index (χ3n) is 2.11. The third kappa shape index (κ3) is 4.47. The molecule has 0 bridgehead atoms. The number of carbonyl (C=O) groups is 1. The van der Waals surface area contributed by atoms with Gasteiger partial charge in [0.25, 0.3) is 5.91 Å². The molecule has 0 aliphatic heterocycles. The molecular formula is C10H12Br3NOS. The van der Waals surface area contributed by atoms with E-state index < -0.39 is 0 Å². The Labute approximate surface area is 125 Å². The minimum atomic E-state index is -0.0183. The molecule has 1 rings (SSSR count). The van der Waals surface area contributed by atoms with Crippen molar-refractivity contribution >= 4 is 65.0 Å². The molecule has 1 unspecified atom stereocenters. The molecule has 2 nitrogen and oxygen atoms in total. The molecule has 0 aliphatic carbocycles. The molecule has 0 radical (unpaired) electrons. The van der Waals surface area contributed by atoms with Crippen LogP contribution in [0.4, 0.5) is 0 Å². The Morgan fingerprint density at radius 1 is 1.56 bits per heavy atom. The maximum atomic E-state index is 11.8. The number of amides is 1. The zero-order valence-corrected chi connectivity index (χ0v) is 14.3. The predicted octanol–water partition coefficient (Wildman–Crippen LogP) is 4.42. The summed E-state index contributed by atoms with van der Waals surface area (Å²) < 4.78 is 1.82. The highest BCUT2D eigenvalue weighted by Gasteiger charge is 2.13. The molecule has 1 heterocycles. The number of halogens is 3. The van der Waals surface area contributed by atoms with E-state index in [0.717, 1.165) is 19.3 Å². The highest BCUT2D eigenvalue weighted by molar-refractivity contribution is 9.12. The highest BCUT2D eigenvalue weighted by Crippen LogP contribution is 2.31. The normalized spacial score (nSPS) is 12.5. The zero-order chi connectivity index (χ0) is 12.1. The number of hydrogen-bond donors (Lipinski definition) is 1. The van der Waals surface area contributed by atoms with Gasteiger partial charge < -0.3 is 5.32 Å². The van der Waals surface area contributed by atoms with Crippen LogP contribution in [0.15, 0.2) is 13.6 Å². The smallest absolute Gasteiger partial charge is 0.253 e. The first kappa shape index (κ1) is 14.7. The van der Waals surface area contributed by atoms with Crippen LogP contribution >= 0.6 is 59.1 Å². The van der Waals surface area contributed by atoms with Crippen molar-refractivity contribution < 1.29 is 4.79 Å². The van der Waals surface area contributed by atoms with Crippen LogP contribution in [-0.4, -0.2) is 17.8 Å². The van der Waals surface area contributed by atoms with Gasteiger partial charge in [-0.05, 0) is 50.3 Å². The van der Waals surface area contributed by atoms with Gasteiger partial charge in [0.05, 0.1) is 13.1 Å². The van der Waals surface area contributed by atoms with E-state index in [1.54, 1.807) is 0 Å². The first-order valence-corrected chi connectivity index (χ1v) is 8.36. The van der Waals surface area contributed by atoms with Gasteiger partial charge in [-0.15, -0.1) is 11.3 Å². The van der Waals surface area contributed by atoms with Crippen LogP contribution in [0.1, 0.15) is 23.7 Å². The second-order valence-corrected chi connectivity index (χ2v) is 8.07. The van der Waals surface area contributed by atoms with Crippen molar-refractivity contribution in [2.24, 2.45) is 5.92 Å². The monoisotopic (exact) mass is 431 g/mol. The average Bonchev–Trinajstić information content (AvgIpc) is 2.55. The van der Waals surface area contributed by atoms with Crippen LogP contribution < -0.4 is 5.32 Å². The average molecular weight is 434 g/mol. The molecular weight excluding hydrogens is 422 g/mol. The van der Waals surface area contributed by atoms with Crippen LogP contribution in [-0.2, 0) is 0 Å². The zero-order valence-electron chi connectivity index (χ0n) is 8.73. The van der Waals surface area contributed by atoms with E-state index in [4.69, 9.17) is 0 Å². The fourth-order valence-electron chi connectivity index (χ4n) is 1.15. The first-order chi connectivity index (χ1) is 7.54. The maximum Gasteiger partial charge on any atom is 0.253 e. The maximum absolute atomic E-state index is 11.8. The van der Waals surface area contributed by atoms with Crippen molar-refractivity contribution in [3.63, 3.8) is 0 Å². The van der Waals surface area contributed by atoms with Crippen molar-refractivity contribution in [1.82, 2.24) is 5.32 Å². The summed E-state index contributed by atoms with van der Waals surface area (Å²) in [5.74, 6) is 0.472. The summed E-state index contributed by atoms with van der Waals surface area (Å²) in [5.41, 5.74) is 0.697. The second-order valence-electron chi connectivity index (χ2n) is 3.53. The standard InChI is InChI=1S/C10H12Br3NOS/c1-6(2-3-11)5-14-10(15)7-4-8(12)16-9(7)13/h4,6H,2-3,5H2,1H3,(H,14,15). The molecule has 90 valence electrons. The van der Waals surface area contributed by atoms with E-state index in [2.05, 4.69) is 60.0 Å². The third-order valence-corrected chi connectivity index (χ3v) is 4.91. The number of alkyl halides is 1. The van der Waals surface area contributed by atoms with Crippen LogP contribution in [0.3, 0.4) is 0 Å². The van der Waals surface area contributed by atoms with E-state index >= 15 is 0 Å². The number of nitrogens with one attached hydrogen (secondary N) is 1. The first-order valence-electron chi connectivity index (χ1n) is 4.83. The van der Waals surface area contributed by atoms with Crippen molar-refractivity contribution in [1.29, 1.82) is 0 Å². The largest absolute Gasteiger partial charge is 0.352 e. The minimum Gasteiger partial charge on any atom is -0.352 e. The Morgan fingerprint density at radius 3 is 2.75 bits per heavy atom. The van der Waals surface area contributed by atoms with E-state index in [1.807, 2.05) is 6.07 Å². The summed E-state index contributed by atoms with van der Waals surface area (Å²) >= 11 is 11.6. The molecule has 0 fully saturated rings. The Balaban J connectivity index is 2.50. The topological polar surface area (TPSA) is 29.1 Å². The molecule has 0 spiro atoms. The Morgan fingerprint density at radius 2 is 2.25 bits per heavy atom. The number of thiophene rings is 1. The highest BCUT2D eigenvalue weighted by atomic mass is 79.9. The number of hydrogen-bond acceptors (Lipinski definition) is 2. The molecule has 16 heavy (non-hydrogen) atoms. The summed E-state index contributed by atoms with van der Waals surface area (Å²) in [5, 5.41) is 3.90. The van der Waals surface area contributed by atoms with Crippen molar-refractivity contribution in [2.45, 2.75) is 13.3 Å². The lowest BCUT2D eigenvalue weighted by Gasteiger charge is -2.10. The summed E-state index contributed by atoms with van der Waals surface area (Å²) in [7, 11) is 0. The SMILES string of the molecule is CC(CCBr)CNC(=O)c1cc(Br)sc1Br. The quantitative estimate of drug-likeness (QED) is 0.684. The lowest BCUT2D eigenvalue weighted by Crippen LogP contribution is -2.28. The van der Waals surface area contributed by atoms with Gasteiger partial charge >= 0.3 is 0 Å². The second kappa shape index (κ2) is 7.13. The summed E-state index contributed by atoms with van der Waals surface area (Å²) in [6, 6.07) is 1.83. The fraction of sp³-hybridized carbons (Fsp3) is 0.500. The summed E-state index contributed by atoms with van der Waals surface area (Å²) in [4.78, 5) is 11.8. The lowest BCUT2D eigenvalue weighted by molar-refractivity contribution is 0.0947. The van der Waals surface area contributed by atoms with Gasteiger partial charge in [0.2, 0.25) is 0 Å². The molecule has 1 atom stereocenters. The Hall–Kier alpha value is 0.610. The van der Waals surface area contributed by atoms with Gasteiger partial charge in [-0.2, -0.15) is 0 Å². The molecule has 0 saturated heterocycles. The van der Waals surface area contributed by atoms with Gasteiger partial charge in [0, 0.05) is 11.9 Å². The Bertz CT molecular complexity index is 367. The molecule has 1 aromatic heterocycles. The molecule has 0 aliphatic rings. The van der Waals surface area contributed by atoms with Crippen LogP contribution in [0.2, 0.25) is 0 Å². The van der Waals surface area contributed by atoms with Gasteiger partial charge in [0.1, 0.15) is 0 Å². The number of rotatable bonds is 5. The summed E-state index contributed by atoms with van der Waals surface area (Å²) in [6.07, 6.45) is 1.06. The van der Waals surface area contributed by atoms with E-state index in [1.165, 1.54) is 11.3 Å². The lowest BCUT2D eigenvalue weighted by atomic mass is 10.1. The van der Waals surface area contributed by atoms with E-state index in [0.29, 0.717) is 18.0 Å². The Kier molecular flexibility index (Phi) is 6.54. The van der Waals surface area contributed by atoms with Gasteiger partial charge in [0.15, 0.2) is 0 Å². The van der Waals surface area contributed by atoms with Crippen molar-refractivity contribution in [2.75, 3.05) is 11.9 Å². The number of carbonyl (C=O) groups excluding carboxylic acids is 1. The van der Waals surface area contributed by atoms with Crippen LogP contribution in [0.25, 0.3) is 0 Å². The van der Waals surface area contributed by atoms with Crippen molar-refractivity contribution in [3.05, 3.63) is 19.2 Å². The van der Waals surface area contributed by atoms with Crippen molar-refractivity contribution in [3.8, 4) is 0 Å². The fourth-order valence-corrected chi connectivity index (χ4v) is 4.72. The van der Waals surface area contributed by atoms with Gasteiger partial charge in [-0.25, -0.2) is 0 Å². The molecule has 1 aromatic rings.